The number of non-ortho nitro benzene ring substituents is 1. The quantitative estimate of drug-likeness (QED) is 0.608. The zero-order valence-electron chi connectivity index (χ0n) is 7.49. The highest BCUT2D eigenvalue weighted by Crippen LogP contribution is 2.29. The first kappa shape index (κ1) is 10.1. The molecule has 0 saturated carbocycles. The topological polar surface area (TPSA) is 56.0 Å². The maximum Gasteiger partial charge on any atom is 0.269 e. The second-order valence-corrected chi connectivity index (χ2v) is 4.87. The third-order valence-corrected chi connectivity index (χ3v) is 3.55. The zero-order valence-corrected chi connectivity index (χ0v) is 9.12. The van der Waals surface area contributed by atoms with Gasteiger partial charge in [-0.3, -0.25) is 10.1 Å². The number of rotatable bonds is 3. The van der Waals surface area contributed by atoms with Gasteiger partial charge in [-0.1, -0.05) is 11.8 Å². The lowest BCUT2D eigenvalue weighted by molar-refractivity contribution is -0.384. The van der Waals surface area contributed by atoms with Crippen LogP contribution in [0.15, 0.2) is 45.1 Å². The van der Waals surface area contributed by atoms with Crippen molar-refractivity contribution in [3.8, 4) is 0 Å². The molecule has 15 heavy (non-hydrogen) atoms. The monoisotopic (exact) mass is 238 g/mol. The summed E-state index contributed by atoms with van der Waals surface area (Å²) in [6.07, 6.45) is 1.73. The number of thiazole rings is 1. The zero-order chi connectivity index (χ0) is 10.7. The summed E-state index contributed by atoms with van der Waals surface area (Å²) in [5.74, 6) is 0. The predicted octanol–water partition coefficient (Wildman–Crippen LogP) is 3.20. The van der Waals surface area contributed by atoms with Crippen LogP contribution in [0.4, 0.5) is 5.69 Å². The average molecular weight is 238 g/mol. The second kappa shape index (κ2) is 4.41. The van der Waals surface area contributed by atoms with Gasteiger partial charge in [0.25, 0.3) is 5.69 Å². The lowest BCUT2D eigenvalue weighted by atomic mass is 10.3. The first-order chi connectivity index (χ1) is 7.25. The van der Waals surface area contributed by atoms with Gasteiger partial charge in [-0.25, -0.2) is 4.98 Å². The molecule has 0 aliphatic carbocycles. The molecule has 0 unspecified atom stereocenters. The standard InChI is InChI=1S/C9H6N2O2S2/c12-11(13)7-1-3-8(4-2-7)15-9-10-5-6-14-9/h1-6H. The summed E-state index contributed by atoms with van der Waals surface area (Å²) in [5.41, 5.74) is 0.110. The summed E-state index contributed by atoms with van der Waals surface area (Å²) in [6.45, 7) is 0. The van der Waals surface area contributed by atoms with Crippen molar-refractivity contribution in [2.45, 2.75) is 9.24 Å². The van der Waals surface area contributed by atoms with Gasteiger partial charge in [-0.2, -0.15) is 0 Å². The lowest BCUT2D eigenvalue weighted by Gasteiger charge is -1.96. The Kier molecular flexibility index (Phi) is 2.98. The van der Waals surface area contributed by atoms with E-state index in [2.05, 4.69) is 4.98 Å². The number of hydrogen-bond donors (Lipinski definition) is 0. The predicted molar refractivity (Wildman–Crippen MR) is 59.3 cm³/mol. The molecule has 4 nitrogen and oxygen atoms in total. The van der Waals surface area contributed by atoms with Gasteiger partial charge in [-0.05, 0) is 12.1 Å². The molecule has 0 fully saturated rings. The van der Waals surface area contributed by atoms with Crippen molar-refractivity contribution in [2.75, 3.05) is 0 Å². The molecule has 0 saturated heterocycles. The van der Waals surface area contributed by atoms with Gasteiger partial charge < -0.3 is 0 Å². The Hall–Kier alpha value is -1.40. The van der Waals surface area contributed by atoms with E-state index in [-0.39, 0.29) is 5.69 Å². The Balaban J connectivity index is 2.14. The molecule has 76 valence electrons. The van der Waals surface area contributed by atoms with Crippen molar-refractivity contribution in [3.63, 3.8) is 0 Å². The molecular weight excluding hydrogens is 232 g/mol. The highest BCUT2D eigenvalue weighted by Gasteiger charge is 2.05. The van der Waals surface area contributed by atoms with Gasteiger partial charge in [0.2, 0.25) is 0 Å². The fraction of sp³-hybridized carbons (Fsp3) is 0. The maximum absolute atomic E-state index is 10.4. The van der Waals surface area contributed by atoms with E-state index in [0.29, 0.717) is 0 Å². The Labute approximate surface area is 94.1 Å². The number of nitro benzene ring substituents is 1. The van der Waals surface area contributed by atoms with Crippen molar-refractivity contribution in [2.24, 2.45) is 0 Å². The van der Waals surface area contributed by atoms with E-state index in [9.17, 15) is 10.1 Å². The van der Waals surface area contributed by atoms with Gasteiger partial charge in [0.15, 0.2) is 4.34 Å². The fourth-order valence-corrected chi connectivity index (χ4v) is 2.59. The van der Waals surface area contributed by atoms with Crippen LogP contribution in [-0.2, 0) is 0 Å². The number of nitro groups is 1. The molecule has 0 aliphatic heterocycles. The Bertz CT molecular complexity index is 453. The third-order valence-electron chi connectivity index (χ3n) is 1.66. The molecule has 0 N–H and O–H groups in total. The molecular formula is C9H6N2O2S2. The average Bonchev–Trinajstić information content (AvgIpc) is 2.71. The normalized spacial score (nSPS) is 10.1. The molecule has 6 heteroatoms. The Morgan fingerprint density at radius 1 is 1.33 bits per heavy atom. The SMILES string of the molecule is O=[N+]([O-])c1ccc(Sc2nccs2)cc1. The number of nitrogens with zero attached hydrogens (tertiary/aromatic N) is 2. The Morgan fingerprint density at radius 2 is 2.07 bits per heavy atom. The number of aromatic nitrogens is 1. The lowest BCUT2D eigenvalue weighted by Crippen LogP contribution is -1.86. The van der Waals surface area contributed by atoms with Crippen LogP contribution in [-0.4, -0.2) is 9.91 Å². The van der Waals surface area contributed by atoms with Crippen LogP contribution in [0.2, 0.25) is 0 Å². The fourth-order valence-electron chi connectivity index (χ4n) is 0.997. The molecule has 0 aliphatic rings. The first-order valence-electron chi connectivity index (χ1n) is 4.07. The minimum Gasteiger partial charge on any atom is -0.258 e. The van der Waals surface area contributed by atoms with Gasteiger partial charge in [0, 0.05) is 28.6 Å². The second-order valence-electron chi connectivity index (χ2n) is 2.65. The maximum atomic E-state index is 10.4. The van der Waals surface area contributed by atoms with Crippen LogP contribution in [0.25, 0.3) is 0 Å². The molecule has 2 aromatic rings. The molecule has 0 radical (unpaired) electrons. The summed E-state index contributed by atoms with van der Waals surface area (Å²) in [4.78, 5) is 15.1. The molecule has 1 aromatic heterocycles. The first-order valence-corrected chi connectivity index (χ1v) is 5.77. The van der Waals surface area contributed by atoms with Crippen LogP contribution in [0.3, 0.4) is 0 Å². The van der Waals surface area contributed by atoms with E-state index < -0.39 is 4.92 Å². The molecule has 1 heterocycles. The number of benzene rings is 1. The van der Waals surface area contributed by atoms with Crippen molar-refractivity contribution in [1.29, 1.82) is 0 Å². The van der Waals surface area contributed by atoms with Crippen molar-refractivity contribution in [3.05, 3.63) is 46.0 Å². The molecule has 0 spiro atoms. The minimum atomic E-state index is -0.405. The molecule has 2 rings (SSSR count). The minimum absolute atomic E-state index is 0.110. The van der Waals surface area contributed by atoms with Gasteiger partial charge >= 0.3 is 0 Å². The summed E-state index contributed by atoms with van der Waals surface area (Å²) >= 11 is 3.05. The van der Waals surface area contributed by atoms with Crippen LogP contribution < -0.4 is 0 Å². The van der Waals surface area contributed by atoms with E-state index >= 15 is 0 Å². The summed E-state index contributed by atoms with van der Waals surface area (Å²) in [7, 11) is 0. The van der Waals surface area contributed by atoms with Crippen LogP contribution in [0, 0.1) is 10.1 Å². The van der Waals surface area contributed by atoms with E-state index in [1.807, 2.05) is 5.38 Å². The summed E-state index contributed by atoms with van der Waals surface area (Å²) < 4.78 is 0.934. The number of hydrogen-bond acceptors (Lipinski definition) is 5. The van der Waals surface area contributed by atoms with Crippen LogP contribution >= 0.6 is 23.1 Å². The molecule has 0 bridgehead atoms. The van der Waals surface area contributed by atoms with Crippen molar-refractivity contribution >= 4 is 28.8 Å². The van der Waals surface area contributed by atoms with Gasteiger partial charge in [0.1, 0.15) is 0 Å². The third kappa shape index (κ3) is 2.54. The highest BCUT2D eigenvalue weighted by atomic mass is 32.2. The summed E-state index contributed by atoms with van der Waals surface area (Å²) in [5, 5.41) is 12.3. The van der Waals surface area contributed by atoms with E-state index in [1.165, 1.54) is 23.9 Å². The van der Waals surface area contributed by atoms with Crippen molar-refractivity contribution in [1.82, 2.24) is 4.98 Å². The molecule has 0 amide bonds. The smallest absolute Gasteiger partial charge is 0.258 e. The van der Waals surface area contributed by atoms with E-state index in [4.69, 9.17) is 0 Å². The van der Waals surface area contributed by atoms with Crippen LogP contribution in [0.1, 0.15) is 0 Å². The highest BCUT2D eigenvalue weighted by molar-refractivity contribution is 8.01. The van der Waals surface area contributed by atoms with Gasteiger partial charge in [0.05, 0.1) is 4.92 Å². The van der Waals surface area contributed by atoms with E-state index in [1.54, 1.807) is 29.7 Å². The summed E-state index contributed by atoms with van der Waals surface area (Å²) in [6, 6.07) is 6.44. The Morgan fingerprint density at radius 3 is 2.60 bits per heavy atom. The molecule has 0 atom stereocenters. The van der Waals surface area contributed by atoms with Crippen molar-refractivity contribution < 1.29 is 4.92 Å². The van der Waals surface area contributed by atoms with Gasteiger partial charge in [-0.15, -0.1) is 11.3 Å². The van der Waals surface area contributed by atoms with E-state index in [0.717, 1.165) is 9.24 Å². The largest absolute Gasteiger partial charge is 0.269 e. The van der Waals surface area contributed by atoms with Crippen LogP contribution in [0.5, 0.6) is 0 Å². The molecule has 1 aromatic carbocycles.